The molecule has 1 aromatic rings. The van der Waals surface area contributed by atoms with Gasteiger partial charge in [-0.05, 0) is 85.8 Å². The van der Waals surface area contributed by atoms with E-state index >= 15 is 0 Å². The molecule has 2 heterocycles. The van der Waals surface area contributed by atoms with Crippen LogP contribution in [0.2, 0.25) is 0 Å². The third kappa shape index (κ3) is 6.50. The standard InChI is InChI=1S/C32H49N3O4/c1-30(2,3)17-14-26(22-8-10-23(11-9-22)29(37)38)35-28(36)27(34-20-15-25(39-7)16-21-34)33-32(35)18-12-24(13-19-32)31(4,5)6/h8-11,24-26H,12-21H2,1-7H3,(H,37,38)/t24?,26-,32?/m1/s1. The molecule has 0 unspecified atom stereocenters. The van der Waals surface area contributed by atoms with Crippen molar-refractivity contribution in [3.05, 3.63) is 35.4 Å². The minimum Gasteiger partial charge on any atom is -0.478 e. The van der Waals surface area contributed by atoms with Gasteiger partial charge in [-0.3, -0.25) is 4.79 Å². The summed E-state index contributed by atoms with van der Waals surface area (Å²) in [5.41, 5.74) is 1.02. The first kappa shape index (κ1) is 29.6. The molecule has 2 aliphatic heterocycles. The number of nitrogens with zero attached hydrogens (tertiary/aromatic N) is 3. The Balaban J connectivity index is 1.72. The summed E-state index contributed by atoms with van der Waals surface area (Å²) < 4.78 is 5.59. The van der Waals surface area contributed by atoms with E-state index in [0.717, 1.165) is 70.0 Å². The normalized spacial score (nSPS) is 25.8. The Morgan fingerprint density at radius 3 is 2.13 bits per heavy atom. The molecule has 0 aromatic heterocycles. The molecule has 1 atom stereocenters. The van der Waals surface area contributed by atoms with Gasteiger partial charge in [0.25, 0.3) is 5.91 Å². The van der Waals surface area contributed by atoms with E-state index in [1.54, 1.807) is 19.2 Å². The molecule has 2 fully saturated rings. The van der Waals surface area contributed by atoms with E-state index in [0.29, 0.717) is 11.8 Å². The number of carboxylic acids is 1. The minimum atomic E-state index is -0.938. The molecular formula is C32H49N3O4. The summed E-state index contributed by atoms with van der Waals surface area (Å²) in [5, 5.41) is 9.49. The first-order chi connectivity index (χ1) is 18.2. The molecule has 1 saturated carbocycles. The SMILES string of the molecule is COC1CCN(C2=NC3(CCC(C(C)(C)C)CC3)N([C@H](CCC(C)(C)C)c3ccc(C(=O)O)cc3)C2=O)CC1. The Labute approximate surface area is 235 Å². The highest BCUT2D eigenvalue weighted by Crippen LogP contribution is 2.50. The smallest absolute Gasteiger partial charge is 0.335 e. The average Bonchev–Trinajstić information content (AvgIpc) is 3.15. The number of carboxylic acid groups (broad SMARTS) is 1. The molecule has 1 saturated heterocycles. The summed E-state index contributed by atoms with van der Waals surface area (Å²) in [6.45, 7) is 15.2. The lowest BCUT2D eigenvalue weighted by atomic mass is 9.69. The summed E-state index contributed by atoms with van der Waals surface area (Å²) >= 11 is 0. The predicted molar refractivity (Wildman–Crippen MR) is 155 cm³/mol. The Bertz CT molecular complexity index is 1050. The van der Waals surface area contributed by atoms with Crippen molar-refractivity contribution in [1.29, 1.82) is 0 Å². The van der Waals surface area contributed by atoms with Gasteiger partial charge in [0.15, 0.2) is 5.84 Å². The number of ether oxygens (including phenoxy) is 1. The topological polar surface area (TPSA) is 82.4 Å². The Hall–Kier alpha value is -2.41. The van der Waals surface area contributed by atoms with Crippen LogP contribution in [0.25, 0.3) is 0 Å². The molecule has 1 spiro atoms. The van der Waals surface area contributed by atoms with Crippen LogP contribution in [0.1, 0.15) is 115 Å². The molecule has 1 amide bonds. The molecule has 0 radical (unpaired) electrons. The van der Waals surface area contributed by atoms with Gasteiger partial charge in [0.1, 0.15) is 5.66 Å². The third-order valence-electron chi connectivity index (χ3n) is 9.28. The Morgan fingerprint density at radius 2 is 1.64 bits per heavy atom. The van der Waals surface area contributed by atoms with Crippen molar-refractivity contribution in [2.75, 3.05) is 20.2 Å². The van der Waals surface area contributed by atoms with Crippen LogP contribution >= 0.6 is 0 Å². The molecule has 4 rings (SSSR count). The van der Waals surface area contributed by atoms with E-state index in [2.05, 4.69) is 51.3 Å². The van der Waals surface area contributed by atoms with Crippen LogP contribution in [0, 0.1) is 16.7 Å². The quantitative estimate of drug-likeness (QED) is 0.444. The average molecular weight is 540 g/mol. The molecule has 1 N–H and O–H groups in total. The van der Waals surface area contributed by atoms with Crippen molar-refractivity contribution < 1.29 is 19.4 Å². The number of piperidine rings is 1. The summed E-state index contributed by atoms with van der Waals surface area (Å²) in [6, 6.07) is 6.98. The van der Waals surface area contributed by atoms with E-state index in [1.807, 2.05) is 12.1 Å². The predicted octanol–water partition coefficient (Wildman–Crippen LogP) is 6.54. The van der Waals surface area contributed by atoms with E-state index in [-0.39, 0.29) is 34.4 Å². The zero-order valence-corrected chi connectivity index (χ0v) is 25.1. The number of amidine groups is 1. The summed E-state index contributed by atoms with van der Waals surface area (Å²) in [7, 11) is 1.76. The van der Waals surface area contributed by atoms with E-state index in [9.17, 15) is 14.7 Å². The molecule has 7 heteroatoms. The second kappa shape index (κ2) is 11.2. The molecule has 0 bridgehead atoms. The summed E-state index contributed by atoms with van der Waals surface area (Å²) in [5.74, 6) is 0.301. The molecular weight excluding hydrogens is 490 g/mol. The number of benzene rings is 1. The minimum absolute atomic E-state index is 0.0290. The number of aromatic carboxylic acids is 1. The number of methoxy groups -OCH3 is 1. The number of hydrogen-bond acceptors (Lipinski definition) is 5. The zero-order valence-electron chi connectivity index (χ0n) is 25.1. The maximum absolute atomic E-state index is 14.5. The monoisotopic (exact) mass is 539 g/mol. The maximum Gasteiger partial charge on any atom is 0.335 e. The van der Waals surface area contributed by atoms with Crippen molar-refractivity contribution in [2.45, 2.75) is 111 Å². The Morgan fingerprint density at radius 1 is 1.05 bits per heavy atom. The van der Waals surface area contributed by atoms with Gasteiger partial charge in [-0.25, -0.2) is 9.79 Å². The maximum atomic E-state index is 14.5. The van der Waals surface area contributed by atoms with Gasteiger partial charge in [-0.2, -0.15) is 0 Å². The molecule has 1 aromatic carbocycles. The zero-order chi connectivity index (χ0) is 28.6. The first-order valence-electron chi connectivity index (χ1n) is 14.8. The number of carbonyl (C=O) groups excluding carboxylic acids is 1. The number of rotatable bonds is 6. The van der Waals surface area contributed by atoms with Crippen molar-refractivity contribution in [3.63, 3.8) is 0 Å². The fourth-order valence-corrected chi connectivity index (χ4v) is 6.70. The summed E-state index contributed by atoms with van der Waals surface area (Å²) in [6.07, 6.45) is 7.57. The van der Waals surface area contributed by atoms with Crippen LogP contribution in [0.15, 0.2) is 29.3 Å². The molecule has 7 nitrogen and oxygen atoms in total. The Kier molecular flexibility index (Phi) is 8.51. The van der Waals surface area contributed by atoms with Gasteiger partial charge < -0.3 is 19.6 Å². The van der Waals surface area contributed by atoms with Gasteiger partial charge in [0, 0.05) is 20.2 Å². The highest BCUT2D eigenvalue weighted by molar-refractivity contribution is 6.39. The van der Waals surface area contributed by atoms with Crippen LogP contribution in [-0.4, -0.2) is 64.6 Å². The van der Waals surface area contributed by atoms with Crippen molar-refractivity contribution in [3.8, 4) is 0 Å². The third-order valence-corrected chi connectivity index (χ3v) is 9.28. The van der Waals surface area contributed by atoms with Crippen LogP contribution in [0.4, 0.5) is 0 Å². The summed E-state index contributed by atoms with van der Waals surface area (Å²) in [4.78, 5) is 35.7. The number of amides is 1. The van der Waals surface area contributed by atoms with Crippen LogP contribution in [0.5, 0.6) is 0 Å². The van der Waals surface area contributed by atoms with E-state index < -0.39 is 11.6 Å². The van der Waals surface area contributed by atoms with E-state index in [1.165, 1.54) is 0 Å². The second-order valence-electron chi connectivity index (χ2n) is 14.2. The molecule has 216 valence electrons. The lowest BCUT2D eigenvalue weighted by Gasteiger charge is -2.47. The fraction of sp³-hybridized carbons (Fsp3) is 0.719. The number of hydrogen-bond donors (Lipinski definition) is 1. The fourth-order valence-electron chi connectivity index (χ4n) is 6.70. The number of carbonyl (C=O) groups is 2. The van der Waals surface area contributed by atoms with Crippen molar-refractivity contribution in [1.82, 2.24) is 9.80 Å². The highest BCUT2D eigenvalue weighted by atomic mass is 16.5. The first-order valence-corrected chi connectivity index (χ1v) is 14.8. The molecule has 39 heavy (non-hydrogen) atoms. The lowest BCUT2D eigenvalue weighted by Crippen LogP contribution is -2.52. The van der Waals surface area contributed by atoms with Crippen molar-refractivity contribution in [2.24, 2.45) is 21.7 Å². The largest absolute Gasteiger partial charge is 0.478 e. The van der Waals surface area contributed by atoms with Gasteiger partial charge >= 0.3 is 5.97 Å². The van der Waals surface area contributed by atoms with E-state index in [4.69, 9.17) is 9.73 Å². The molecule has 1 aliphatic carbocycles. The van der Waals surface area contributed by atoms with Gasteiger partial charge in [-0.15, -0.1) is 0 Å². The van der Waals surface area contributed by atoms with Crippen LogP contribution < -0.4 is 0 Å². The van der Waals surface area contributed by atoms with Gasteiger partial charge in [0.2, 0.25) is 0 Å². The van der Waals surface area contributed by atoms with Gasteiger partial charge in [0.05, 0.1) is 17.7 Å². The lowest BCUT2D eigenvalue weighted by molar-refractivity contribution is -0.134. The highest BCUT2D eigenvalue weighted by Gasteiger charge is 2.53. The van der Waals surface area contributed by atoms with Crippen LogP contribution in [0.3, 0.4) is 0 Å². The van der Waals surface area contributed by atoms with Gasteiger partial charge in [-0.1, -0.05) is 53.7 Å². The van der Waals surface area contributed by atoms with Crippen LogP contribution in [-0.2, 0) is 9.53 Å². The number of likely N-dealkylation sites (tertiary alicyclic amines) is 1. The number of aliphatic imine (C=N–C) groups is 1. The molecule has 3 aliphatic rings. The second-order valence-corrected chi connectivity index (χ2v) is 14.2. The van der Waals surface area contributed by atoms with Crippen molar-refractivity contribution >= 4 is 17.7 Å².